The van der Waals surface area contributed by atoms with E-state index in [0.717, 1.165) is 18.9 Å². The maximum absolute atomic E-state index is 12.9. The summed E-state index contributed by atoms with van der Waals surface area (Å²) in [7, 11) is 1.22. The second-order valence-electron chi connectivity index (χ2n) is 5.81. The number of halogens is 3. The zero-order valence-electron chi connectivity index (χ0n) is 11.6. The quantitative estimate of drug-likeness (QED) is 0.895. The molecule has 2 atom stereocenters. The third-order valence-electron chi connectivity index (χ3n) is 4.37. The van der Waals surface area contributed by atoms with Crippen LogP contribution in [0.2, 0.25) is 0 Å². The minimum absolute atomic E-state index is 0.223. The summed E-state index contributed by atoms with van der Waals surface area (Å²) >= 11 is 1.90. The van der Waals surface area contributed by atoms with Crippen molar-refractivity contribution in [2.45, 2.75) is 48.0 Å². The molecule has 21 heavy (non-hydrogen) atoms. The molecule has 0 spiro atoms. The SMILES string of the molecule is COc1cc(C2(O)CC3CCC(C2)S3)ccc1C(F)(F)F. The Morgan fingerprint density at radius 2 is 1.86 bits per heavy atom. The highest BCUT2D eigenvalue weighted by Gasteiger charge is 2.45. The molecule has 1 aromatic carbocycles. The molecule has 116 valence electrons. The molecule has 0 radical (unpaired) electrons. The lowest BCUT2D eigenvalue weighted by molar-refractivity contribution is -0.138. The van der Waals surface area contributed by atoms with E-state index in [2.05, 4.69) is 0 Å². The largest absolute Gasteiger partial charge is 0.496 e. The maximum Gasteiger partial charge on any atom is 0.419 e. The van der Waals surface area contributed by atoms with E-state index in [1.807, 2.05) is 11.8 Å². The van der Waals surface area contributed by atoms with Crippen LogP contribution in [-0.4, -0.2) is 22.7 Å². The van der Waals surface area contributed by atoms with Crippen LogP contribution in [0.5, 0.6) is 5.75 Å². The molecule has 3 rings (SSSR count). The molecule has 0 aromatic heterocycles. The van der Waals surface area contributed by atoms with Gasteiger partial charge in [0.15, 0.2) is 0 Å². The van der Waals surface area contributed by atoms with E-state index in [1.54, 1.807) is 0 Å². The Balaban J connectivity index is 1.96. The smallest absolute Gasteiger partial charge is 0.419 e. The number of hydrogen-bond donors (Lipinski definition) is 1. The van der Waals surface area contributed by atoms with Crippen LogP contribution in [0.1, 0.15) is 36.8 Å². The first-order chi connectivity index (χ1) is 9.82. The second-order valence-corrected chi connectivity index (χ2v) is 7.42. The van der Waals surface area contributed by atoms with Gasteiger partial charge in [-0.05, 0) is 43.4 Å². The van der Waals surface area contributed by atoms with Gasteiger partial charge < -0.3 is 9.84 Å². The Labute approximate surface area is 125 Å². The first-order valence-electron chi connectivity index (χ1n) is 6.95. The average Bonchev–Trinajstić information content (AvgIpc) is 2.76. The molecule has 2 unspecified atom stereocenters. The lowest BCUT2D eigenvalue weighted by Gasteiger charge is -2.36. The minimum Gasteiger partial charge on any atom is -0.496 e. The Bertz CT molecular complexity index is 532. The highest BCUT2D eigenvalue weighted by atomic mass is 32.2. The first-order valence-corrected chi connectivity index (χ1v) is 7.90. The summed E-state index contributed by atoms with van der Waals surface area (Å²) in [5.41, 5.74) is -1.30. The fraction of sp³-hybridized carbons (Fsp3) is 0.600. The molecular formula is C15H17F3O2S. The van der Waals surface area contributed by atoms with Gasteiger partial charge in [0.05, 0.1) is 18.3 Å². The number of fused-ring (bicyclic) bond motifs is 2. The van der Waals surface area contributed by atoms with Crippen molar-refractivity contribution in [3.8, 4) is 5.75 Å². The van der Waals surface area contributed by atoms with Gasteiger partial charge in [0.2, 0.25) is 0 Å². The summed E-state index contributed by atoms with van der Waals surface area (Å²) in [5, 5.41) is 11.7. The van der Waals surface area contributed by atoms with E-state index in [0.29, 0.717) is 28.9 Å². The number of aliphatic hydroxyl groups is 1. The van der Waals surface area contributed by atoms with Crippen molar-refractivity contribution in [3.63, 3.8) is 0 Å². The van der Waals surface area contributed by atoms with Gasteiger partial charge >= 0.3 is 6.18 Å². The third-order valence-corrected chi connectivity index (χ3v) is 5.95. The molecule has 2 bridgehead atoms. The summed E-state index contributed by atoms with van der Waals surface area (Å²) in [6.45, 7) is 0. The maximum atomic E-state index is 12.9. The summed E-state index contributed by atoms with van der Waals surface area (Å²) in [6.07, 6.45) is -1.09. The second kappa shape index (κ2) is 5.09. The molecule has 2 heterocycles. The van der Waals surface area contributed by atoms with E-state index >= 15 is 0 Å². The van der Waals surface area contributed by atoms with Gasteiger partial charge in [-0.1, -0.05) is 6.07 Å². The van der Waals surface area contributed by atoms with E-state index < -0.39 is 17.3 Å². The molecule has 2 nitrogen and oxygen atoms in total. The monoisotopic (exact) mass is 318 g/mol. The Morgan fingerprint density at radius 3 is 2.38 bits per heavy atom. The van der Waals surface area contributed by atoms with Crippen LogP contribution in [0.4, 0.5) is 13.2 Å². The summed E-state index contributed by atoms with van der Waals surface area (Å²) in [5.74, 6) is -0.223. The molecule has 6 heteroatoms. The van der Waals surface area contributed by atoms with E-state index in [9.17, 15) is 18.3 Å². The first kappa shape index (κ1) is 15.0. The molecular weight excluding hydrogens is 301 g/mol. The fourth-order valence-corrected chi connectivity index (χ4v) is 5.20. The van der Waals surface area contributed by atoms with Crippen LogP contribution in [0, 0.1) is 0 Å². The van der Waals surface area contributed by atoms with Crippen LogP contribution < -0.4 is 4.74 Å². The Hall–Kier alpha value is -0.880. The van der Waals surface area contributed by atoms with Crippen LogP contribution in [0.15, 0.2) is 18.2 Å². The van der Waals surface area contributed by atoms with E-state index in [1.165, 1.54) is 19.2 Å². The van der Waals surface area contributed by atoms with Crippen molar-refractivity contribution >= 4 is 11.8 Å². The standard InChI is InChI=1S/C15H17F3O2S/c1-20-13-6-9(2-5-12(13)15(16,17)18)14(19)7-10-3-4-11(8-14)21-10/h2,5-6,10-11,19H,3-4,7-8H2,1H3. The zero-order valence-corrected chi connectivity index (χ0v) is 12.4. The van der Waals surface area contributed by atoms with Gasteiger partial charge in [-0.2, -0.15) is 24.9 Å². The number of alkyl halides is 3. The van der Waals surface area contributed by atoms with Crippen LogP contribution >= 0.6 is 11.8 Å². The Kier molecular flexibility index (Phi) is 3.64. The predicted molar refractivity (Wildman–Crippen MR) is 75.5 cm³/mol. The van der Waals surface area contributed by atoms with Crippen LogP contribution in [0.3, 0.4) is 0 Å². The van der Waals surface area contributed by atoms with Crippen molar-refractivity contribution in [2.75, 3.05) is 7.11 Å². The van der Waals surface area contributed by atoms with Crippen LogP contribution in [-0.2, 0) is 11.8 Å². The molecule has 0 amide bonds. The van der Waals surface area contributed by atoms with Gasteiger partial charge in [-0.3, -0.25) is 0 Å². The van der Waals surface area contributed by atoms with Gasteiger partial charge in [0.25, 0.3) is 0 Å². The van der Waals surface area contributed by atoms with Crippen molar-refractivity contribution < 1.29 is 23.0 Å². The van der Waals surface area contributed by atoms with Crippen molar-refractivity contribution in [3.05, 3.63) is 29.3 Å². The van der Waals surface area contributed by atoms with E-state index in [4.69, 9.17) is 4.74 Å². The fourth-order valence-electron chi connectivity index (χ4n) is 3.37. The zero-order chi connectivity index (χ0) is 15.3. The minimum atomic E-state index is -4.45. The summed E-state index contributed by atoms with van der Waals surface area (Å²) < 4.78 is 43.6. The van der Waals surface area contributed by atoms with Crippen molar-refractivity contribution in [1.82, 2.24) is 0 Å². The number of thioether (sulfide) groups is 1. The van der Waals surface area contributed by atoms with Crippen molar-refractivity contribution in [1.29, 1.82) is 0 Å². The predicted octanol–water partition coefficient (Wildman–Crippen LogP) is 3.96. The van der Waals surface area contributed by atoms with Gasteiger partial charge in [-0.25, -0.2) is 0 Å². The molecule has 1 aromatic rings. The lowest BCUT2D eigenvalue weighted by atomic mass is 9.85. The summed E-state index contributed by atoms with van der Waals surface area (Å²) in [6, 6.07) is 3.74. The van der Waals surface area contributed by atoms with E-state index in [-0.39, 0.29) is 5.75 Å². The molecule has 0 aliphatic carbocycles. The topological polar surface area (TPSA) is 29.5 Å². The molecule has 1 N–H and O–H groups in total. The average molecular weight is 318 g/mol. The molecule has 2 aliphatic heterocycles. The van der Waals surface area contributed by atoms with Gasteiger partial charge in [-0.15, -0.1) is 0 Å². The normalized spacial score (nSPS) is 32.2. The molecule has 0 saturated carbocycles. The summed E-state index contributed by atoms with van der Waals surface area (Å²) in [4.78, 5) is 0. The molecule has 2 aliphatic rings. The molecule has 2 fully saturated rings. The third kappa shape index (κ3) is 2.75. The Morgan fingerprint density at radius 1 is 1.24 bits per heavy atom. The number of ether oxygens (including phenoxy) is 1. The van der Waals surface area contributed by atoms with Gasteiger partial charge in [0.1, 0.15) is 5.75 Å². The number of methoxy groups -OCH3 is 1. The van der Waals surface area contributed by atoms with Crippen molar-refractivity contribution in [2.24, 2.45) is 0 Å². The highest BCUT2D eigenvalue weighted by Crippen LogP contribution is 2.52. The van der Waals surface area contributed by atoms with Crippen LogP contribution in [0.25, 0.3) is 0 Å². The lowest BCUT2D eigenvalue weighted by Crippen LogP contribution is -2.34. The van der Waals surface area contributed by atoms with Gasteiger partial charge in [0, 0.05) is 10.5 Å². The number of benzene rings is 1. The number of rotatable bonds is 2. The highest BCUT2D eigenvalue weighted by molar-refractivity contribution is 8.00. The number of hydrogen-bond acceptors (Lipinski definition) is 3. The molecule has 2 saturated heterocycles.